The van der Waals surface area contributed by atoms with Crippen LogP contribution >= 0.6 is 0 Å². The first kappa shape index (κ1) is 11.0. The summed E-state index contributed by atoms with van der Waals surface area (Å²) in [6.45, 7) is 0. The van der Waals surface area contributed by atoms with Crippen molar-refractivity contribution in [2.45, 2.75) is 0 Å². The highest BCUT2D eigenvalue weighted by atomic mass is 19.1. The van der Waals surface area contributed by atoms with Crippen molar-refractivity contribution in [1.29, 1.82) is 0 Å². The molecule has 0 radical (unpaired) electrons. The lowest BCUT2D eigenvalue weighted by atomic mass is 10.1. The van der Waals surface area contributed by atoms with Crippen molar-refractivity contribution in [1.82, 2.24) is 9.55 Å². The molecule has 0 unspecified atom stereocenters. The van der Waals surface area contributed by atoms with Gasteiger partial charge in [0, 0.05) is 18.0 Å². The molecule has 1 aromatic carbocycles. The van der Waals surface area contributed by atoms with E-state index in [1.54, 1.807) is 0 Å². The molecule has 6 heteroatoms. The quantitative estimate of drug-likeness (QED) is 0.797. The molecule has 17 heavy (non-hydrogen) atoms. The second-order valence-corrected chi connectivity index (χ2v) is 3.30. The van der Waals surface area contributed by atoms with Crippen LogP contribution in [0.5, 0.6) is 0 Å². The van der Waals surface area contributed by atoms with Gasteiger partial charge in [0.1, 0.15) is 11.5 Å². The van der Waals surface area contributed by atoms with Gasteiger partial charge < -0.3 is 5.73 Å². The number of primary amides is 1. The van der Waals surface area contributed by atoms with Crippen LogP contribution in [0.2, 0.25) is 0 Å². The fraction of sp³-hybridized carbons (Fsp3) is 0. The molecule has 5 nitrogen and oxygen atoms in total. The predicted molar refractivity (Wildman–Crippen MR) is 58.9 cm³/mol. The molecule has 0 atom stereocenters. The van der Waals surface area contributed by atoms with Gasteiger partial charge in [-0.05, 0) is 24.3 Å². The molecular formula is C11H8FN3O2. The first-order valence-electron chi connectivity index (χ1n) is 4.73. The Kier molecular flexibility index (Phi) is 2.70. The molecule has 0 saturated carbocycles. The second kappa shape index (κ2) is 4.17. The maximum Gasteiger partial charge on any atom is 0.326 e. The fourth-order valence-corrected chi connectivity index (χ4v) is 1.39. The van der Waals surface area contributed by atoms with Crippen LogP contribution in [0.4, 0.5) is 9.18 Å². The summed E-state index contributed by atoms with van der Waals surface area (Å²) in [6, 6.07) is 4.34. The summed E-state index contributed by atoms with van der Waals surface area (Å²) in [5, 5.41) is 0. The van der Waals surface area contributed by atoms with E-state index in [1.807, 2.05) is 0 Å². The minimum absolute atomic E-state index is 0.0475. The Labute approximate surface area is 95.3 Å². The van der Waals surface area contributed by atoms with Gasteiger partial charge in [0.2, 0.25) is 0 Å². The van der Waals surface area contributed by atoms with Gasteiger partial charge in [-0.1, -0.05) is 0 Å². The van der Waals surface area contributed by atoms with Crippen LogP contribution in [0.1, 0.15) is 0 Å². The highest BCUT2D eigenvalue weighted by Gasteiger charge is 2.09. The van der Waals surface area contributed by atoms with Gasteiger partial charge in [0.15, 0.2) is 0 Å². The van der Waals surface area contributed by atoms with Gasteiger partial charge >= 0.3 is 6.03 Å². The summed E-state index contributed by atoms with van der Waals surface area (Å²) in [6.07, 6.45) is 2.46. The Morgan fingerprint density at radius 2 is 1.94 bits per heavy atom. The van der Waals surface area contributed by atoms with Gasteiger partial charge in [0.25, 0.3) is 5.56 Å². The molecule has 0 fully saturated rings. The lowest BCUT2D eigenvalue weighted by Crippen LogP contribution is -2.32. The molecule has 86 valence electrons. The number of hydrogen-bond donors (Lipinski definition) is 1. The predicted octanol–water partition coefficient (Wildman–Crippen LogP) is 0.976. The lowest BCUT2D eigenvalue weighted by molar-refractivity contribution is 0.249. The first-order valence-corrected chi connectivity index (χ1v) is 4.73. The number of amides is 1. The topological polar surface area (TPSA) is 78.0 Å². The van der Waals surface area contributed by atoms with E-state index in [4.69, 9.17) is 5.73 Å². The summed E-state index contributed by atoms with van der Waals surface area (Å²) >= 11 is 0. The van der Waals surface area contributed by atoms with Gasteiger partial charge in [-0.25, -0.2) is 18.7 Å². The van der Waals surface area contributed by atoms with Crippen molar-refractivity contribution in [2.75, 3.05) is 0 Å². The van der Waals surface area contributed by atoms with E-state index in [0.29, 0.717) is 5.56 Å². The molecule has 0 aliphatic rings. The van der Waals surface area contributed by atoms with Gasteiger partial charge in [-0.15, -0.1) is 0 Å². The van der Waals surface area contributed by atoms with Crippen molar-refractivity contribution < 1.29 is 9.18 Å². The third-order valence-electron chi connectivity index (χ3n) is 2.20. The Morgan fingerprint density at radius 1 is 1.29 bits per heavy atom. The maximum atomic E-state index is 12.7. The smallest absolute Gasteiger partial charge is 0.326 e. The minimum atomic E-state index is -0.888. The number of halogens is 1. The standard InChI is InChI=1S/C11H8FN3O2/c12-8-3-1-7(2-4-8)9-10(16)15(11(13)17)6-5-14-9/h1-6H,(H2,13,17). The molecule has 0 aliphatic heterocycles. The third-order valence-corrected chi connectivity index (χ3v) is 2.20. The molecule has 0 saturated heterocycles. The van der Waals surface area contributed by atoms with Crippen LogP contribution < -0.4 is 11.3 Å². The van der Waals surface area contributed by atoms with Gasteiger partial charge in [0.05, 0.1) is 0 Å². The van der Waals surface area contributed by atoms with E-state index in [2.05, 4.69) is 4.98 Å². The number of hydrogen-bond acceptors (Lipinski definition) is 3. The molecule has 0 spiro atoms. The van der Waals surface area contributed by atoms with Crippen LogP contribution in [0.3, 0.4) is 0 Å². The van der Waals surface area contributed by atoms with E-state index in [-0.39, 0.29) is 5.69 Å². The highest BCUT2D eigenvalue weighted by molar-refractivity contribution is 5.75. The number of benzene rings is 1. The van der Waals surface area contributed by atoms with Crippen LogP contribution in [-0.2, 0) is 0 Å². The zero-order chi connectivity index (χ0) is 12.4. The highest BCUT2D eigenvalue weighted by Crippen LogP contribution is 2.12. The first-order chi connectivity index (χ1) is 8.09. The lowest BCUT2D eigenvalue weighted by Gasteiger charge is -2.03. The summed E-state index contributed by atoms with van der Waals surface area (Å²) in [4.78, 5) is 26.6. The molecule has 2 rings (SSSR count). The van der Waals surface area contributed by atoms with Crippen molar-refractivity contribution in [3.05, 3.63) is 52.8 Å². The molecule has 0 bridgehead atoms. The number of nitrogens with two attached hydrogens (primary N) is 1. The van der Waals surface area contributed by atoms with Crippen molar-refractivity contribution >= 4 is 6.03 Å². The average Bonchev–Trinajstić information content (AvgIpc) is 2.30. The Balaban J connectivity index is 2.61. The Hall–Kier alpha value is -2.50. The normalized spacial score (nSPS) is 10.2. The molecule has 2 aromatic rings. The monoisotopic (exact) mass is 233 g/mol. The molecular weight excluding hydrogens is 225 g/mol. The zero-order valence-electron chi connectivity index (χ0n) is 8.63. The van der Waals surface area contributed by atoms with Crippen molar-refractivity contribution in [3.63, 3.8) is 0 Å². The van der Waals surface area contributed by atoms with Gasteiger partial charge in [-0.2, -0.15) is 0 Å². The number of aromatic nitrogens is 2. The van der Waals surface area contributed by atoms with E-state index in [9.17, 15) is 14.0 Å². The van der Waals surface area contributed by atoms with Crippen molar-refractivity contribution in [3.8, 4) is 11.3 Å². The summed E-state index contributed by atoms with van der Waals surface area (Å²) in [5.74, 6) is -0.417. The SMILES string of the molecule is NC(=O)n1ccnc(-c2ccc(F)cc2)c1=O. The van der Waals surface area contributed by atoms with Crippen LogP contribution in [-0.4, -0.2) is 15.6 Å². The molecule has 1 heterocycles. The third kappa shape index (κ3) is 2.05. The van der Waals surface area contributed by atoms with Crippen LogP contribution in [0, 0.1) is 5.82 Å². The van der Waals surface area contributed by atoms with E-state index in [0.717, 1.165) is 4.57 Å². The Bertz CT molecular complexity index is 619. The van der Waals surface area contributed by atoms with Crippen LogP contribution in [0.15, 0.2) is 41.5 Å². The number of carbonyl (C=O) groups excluding carboxylic acids is 1. The number of nitrogens with zero attached hydrogens (tertiary/aromatic N) is 2. The van der Waals surface area contributed by atoms with Crippen LogP contribution in [0.25, 0.3) is 11.3 Å². The molecule has 1 amide bonds. The number of carbonyl (C=O) groups is 1. The average molecular weight is 233 g/mol. The zero-order valence-corrected chi connectivity index (χ0v) is 8.63. The summed E-state index contributed by atoms with van der Waals surface area (Å²) in [7, 11) is 0. The summed E-state index contributed by atoms with van der Waals surface area (Å²) < 4.78 is 13.5. The molecule has 0 aliphatic carbocycles. The molecule has 2 N–H and O–H groups in total. The van der Waals surface area contributed by atoms with E-state index < -0.39 is 17.4 Å². The largest absolute Gasteiger partial charge is 0.351 e. The van der Waals surface area contributed by atoms with Gasteiger partial charge in [-0.3, -0.25) is 4.79 Å². The second-order valence-electron chi connectivity index (χ2n) is 3.30. The maximum absolute atomic E-state index is 12.7. The number of rotatable bonds is 1. The van der Waals surface area contributed by atoms with Crippen molar-refractivity contribution in [2.24, 2.45) is 5.73 Å². The fourth-order valence-electron chi connectivity index (χ4n) is 1.39. The summed E-state index contributed by atoms with van der Waals surface area (Å²) in [5.41, 5.74) is 4.86. The van der Waals surface area contributed by atoms with E-state index >= 15 is 0 Å². The Morgan fingerprint density at radius 3 is 2.53 bits per heavy atom. The minimum Gasteiger partial charge on any atom is -0.351 e. The van der Waals surface area contributed by atoms with E-state index in [1.165, 1.54) is 36.7 Å². The molecule has 1 aromatic heterocycles.